The maximum absolute atomic E-state index is 4.48. The van der Waals surface area contributed by atoms with E-state index in [0.29, 0.717) is 6.04 Å². The van der Waals surface area contributed by atoms with Crippen LogP contribution in [0.4, 0.5) is 5.82 Å². The maximum atomic E-state index is 4.48. The lowest BCUT2D eigenvalue weighted by atomic mass is 9.84. The molecule has 4 atom stereocenters. The van der Waals surface area contributed by atoms with Gasteiger partial charge in [0.15, 0.2) is 0 Å². The molecule has 1 aromatic carbocycles. The Morgan fingerprint density at radius 1 is 1.24 bits per heavy atom. The summed E-state index contributed by atoms with van der Waals surface area (Å²) >= 11 is 3.54. The number of nitrogens with zero attached hydrogens (tertiary/aromatic N) is 2. The molecule has 0 aliphatic heterocycles. The van der Waals surface area contributed by atoms with Gasteiger partial charge in [-0.25, -0.2) is 9.97 Å². The minimum absolute atomic E-state index is 0.484. The third-order valence-electron chi connectivity index (χ3n) is 5.40. The molecule has 0 spiro atoms. The fraction of sp³-hybridized carbons (Fsp3) is 0.529. The average molecular weight is 346 g/mol. The van der Waals surface area contributed by atoms with Crippen LogP contribution in [0.1, 0.15) is 32.6 Å². The van der Waals surface area contributed by atoms with Gasteiger partial charge in [0.2, 0.25) is 0 Å². The first kappa shape index (κ1) is 13.5. The summed E-state index contributed by atoms with van der Waals surface area (Å²) in [5, 5.41) is 4.77. The quantitative estimate of drug-likeness (QED) is 0.881. The molecule has 4 rings (SSSR count). The third-order valence-corrected chi connectivity index (χ3v) is 5.89. The minimum Gasteiger partial charge on any atom is -0.367 e. The maximum Gasteiger partial charge on any atom is 0.137 e. The van der Waals surface area contributed by atoms with Gasteiger partial charge in [0.25, 0.3) is 0 Å². The first-order chi connectivity index (χ1) is 10.2. The van der Waals surface area contributed by atoms with Crippen LogP contribution in [0.15, 0.2) is 29.0 Å². The Morgan fingerprint density at radius 3 is 2.90 bits per heavy atom. The second-order valence-corrected chi connectivity index (χ2v) is 7.57. The van der Waals surface area contributed by atoms with Crippen molar-refractivity contribution in [3.05, 3.63) is 29.0 Å². The number of rotatable bonds is 3. The molecule has 1 aromatic heterocycles. The average Bonchev–Trinajstić information content (AvgIpc) is 3.10. The smallest absolute Gasteiger partial charge is 0.137 e. The largest absolute Gasteiger partial charge is 0.367 e. The van der Waals surface area contributed by atoms with Gasteiger partial charge in [-0.1, -0.05) is 22.4 Å². The predicted octanol–water partition coefficient (Wildman–Crippen LogP) is 4.63. The van der Waals surface area contributed by atoms with Gasteiger partial charge in [-0.15, -0.1) is 0 Å². The van der Waals surface area contributed by atoms with Gasteiger partial charge in [-0.05, 0) is 62.1 Å². The summed E-state index contributed by atoms with van der Waals surface area (Å²) in [6, 6.07) is 6.65. The van der Waals surface area contributed by atoms with Crippen molar-refractivity contribution in [3.8, 4) is 0 Å². The lowest BCUT2D eigenvalue weighted by molar-refractivity contribution is 0.304. The third kappa shape index (κ3) is 2.44. The Hall–Kier alpha value is -1.16. The summed E-state index contributed by atoms with van der Waals surface area (Å²) < 4.78 is 1.07. The van der Waals surface area contributed by atoms with Crippen LogP contribution in [0, 0.1) is 17.8 Å². The van der Waals surface area contributed by atoms with Crippen LogP contribution < -0.4 is 5.32 Å². The van der Waals surface area contributed by atoms with Crippen molar-refractivity contribution < 1.29 is 0 Å². The number of halogens is 1. The standard InChI is InChI=1S/C17H20BrN3/c1-10(14-7-11-2-3-12(14)6-11)21-17-15-8-13(18)4-5-16(15)19-9-20-17/h4-5,8-12,14H,2-3,6-7H2,1H3,(H,19,20,21). The van der Waals surface area contributed by atoms with E-state index < -0.39 is 0 Å². The van der Waals surface area contributed by atoms with E-state index in [1.165, 1.54) is 25.7 Å². The van der Waals surface area contributed by atoms with Crippen molar-refractivity contribution in [1.29, 1.82) is 0 Å². The highest BCUT2D eigenvalue weighted by atomic mass is 79.9. The van der Waals surface area contributed by atoms with Crippen molar-refractivity contribution in [2.45, 2.75) is 38.6 Å². The summed E-state index contributed by atoms with van der Waals surface area (Å²) in [4.78, 5) is 8.83. The molecule has 2 bridgehead atoms. The van der Waals surface area contributed by atoms with Crippen LogP contribution >= 0.6 is 15.9 Å². The molecule has 2 aliphatic carbocycles. The molecule has 2 fully saturated rings. The van der Waals surface area contributed by atoms with E-state index in [1.807, 2.05) is 12.1 Å². The molecule has 0 radical (unpaired) electrons. The van der Waals surface area contributed by atoms with Crippen LogP contribution in [0.5, 0.6) is 0 Å². The molecule has 0 amide bonds. The number of fused-ring (bicyclic) bond motifs is 3. The van der Waals surface area contributed by atoms with Crippen LogP contribution in [-0.4, -0.2) is 16.0 Å². The zero-order chi connectivity index (χ0) is 14.4. The zero-order valence-corrected chi connectivity index (χ0v) is 13.8. The number of hydrogen-bond donors (Lipinski definition) is 1. The predicted molar refractivity (Wildman–Crippen MR) is 89.3 cm³/mol. The number of benzene rings is 1. The highest BCUT2D eigenvalue weighted by Crippen LogP contribution is 2.49. The Morgan fingerprint density at radius 2 is 2.14 bits per heavy atom. The highest BCUT2D eigenvalue weighted by molar-refractivity contribution is 9.10. The van der Waals surface area contributed by atoms with Crippen LogP contribution in [0.2, 0.25) is 0 Å². The molecule has 1 heterocycles. The Labute approximate surface area is 133 Å². The van der Waals surface area contributed by atoms with Crippen LogP contribution in [0.3, 0.4) is 0 Å². The van der Waals surface area contributed by atoms with Gasteiger partial charge in [0, 0.05) is 15.9 Å². The summed E-state index contributed by atoms with van der Waals surface area (Å²) in [5.74, 6) is 3.69. The molecule has 2 aromatic rings. The van der Waals surface area contributed by atoms with Gasteiger partial charge in [0.05, 0.1) is 5.52 Å². The van der Waals surface area contributed by atoms with Gasteiger partial charge < -0.3 is 5.32 Å². The van der Waals surface area contributed by atoms with E-state index in [1.54, 1.807) is 6.33 Å². The molecule has 4 unspecified atom stereocenters. The first-order valence-corrected chi connectivity index (χ1v) is 8.67. The van der Waals surface area contributed by atoms with Crippen LogP contribution in [-0.2, 0) is 0 Å². The van der Waals surface area contributed by atoms with E-state index in [4.69, 9.17) is 0 Å². The fourth-order valence-corrected chi connectivity index (χ4v) is 4.73. The highest BCUT2D eigenvalue weighted by Gasteiger charge is 2.41. The van der Waals surface area contributed by atoms with E-state index in [-0.39, 0.29) is 0 Å². The molecule has 0 saturated heterocycles. The van der Waals surface area contributed by atoms with Crippen LogP contribution in [0.25, 0.3) is 10.9 Å². The topological polar surface area (TPSA) is 37.8 Å². The van der Waals surface area contributed by atoms with E-state index in [9.17, 15) is 0 Å². The van der Waals surface area contributed by atoms with E-state index >= 15 is 0 Å². The fourth-order valence-electron chi connectivity index (χ4n) is 4.37. The summed E-state index contributed by atoms with van der Waals surface area (Å²) in [6.45, 7) is 2.32. The molecule has 3 nitrogen and oxygen atoms in total. The monoisotopic (exact) mass is 345 g/mol. The lowest BCUT2D eigenvalue weighted by Crippen LogP contribution is -2.30. The van der Waals surface area contributed by atoms with Gasteiger partial charge in [0.1, 0.15) is 12.1 Å². The molecular weight excluding hydrogens is 326 g/mol. The molecule has 21 heavy (non-hydrogen) atoms. The van der Waals surface area contributed by atoms with Crippen molar-refractivity contribution in [3.63, 3.8) is 0 Å². The normalized spacial score (nSPS) is 29.0. The second kappa shape index (κ2) is 5.24. The molecular formula is C17H20BrN3. The molecule has 4 heteroatoms. The van der Waals surface area contributed by atoms with E-state index in [2.05, 4.69) is 44.2 Å². The Bertz CT molecular complexity index is 672. The van der Waals surface area contributed by atoms with Crippen molar-refractivity contribution in [2.24, 2.45) is 17.8 Å². The van der Waals surface area contributed by atoms with Gasteiger partial charge in [-0.2, -0.15) is 0 Å². The minimum atomic E-state index is 0.484. The Balaban J connectivity index is 1.60. The number of aromatic nitrogens is 2. The van der Waals surface area contributed by atoms with Crippen molar-refractivity contribution in [2.75, 3.05) is 5.32 Å². The van der Waals surface area contributed by atoms with Crippen molar-refractivity contribution >= 4 is 32.7 Å². The van der Waals surface area contributed by atoms with Gasteiger partial charge in [-0.3, -0.25) is 0 Å². The number of anilines is 1. The molecule has 2 aliphatic rings. The number of hydrogen-bond acceptors (Lipinski definition) is 3. The Kier molecular flexibility index (Phi) is 3.37. The van der Waals surface area contributed by atoms with Crippen molar-refractivity contribution in [1.82, 2.24) is 9.97 Å². The van der Waals surface area contributed by atoms with E-state index in [0.717, 1.165) is 38.9 Å². The summed E-state index contributed by atoms with van der Waals surface area (Å²) in [5.41, 5.74) is 0.996. The second-order valence-electron chi connectivity index (χ2n) is 6.66. The summed E-state index contributed by atoms with van der Waals surface area (Å²) in [7, 11) is 0. The summed E-state index contributed by atoms with van der Waals surface area (Å²) in [6.07, 6.45) is 7.39. The molecule has 1 N–H and O–H groups in total. The van der Waals surface area contributed by atoms with Gasteiger partial charge >= 0.3 is 0 Å². The first-order valence-electron chi connectivity index (χ1n) is 7.87. The molecule has 2 saturated carbocycles. The lowest BCUT2D eigenvalue weighted by Gasteiger charge is -2.29. The number of nitrogens with one attached hydrogen (secondary N) is 1. The molecule has 110 valence electrons. The zero-order valence-electron chi connectivity index (χ0n) is 12.2. The SMILES string of the molecule is CC(Nc1ncnc2ccc(Br)cc12)C1CC2CCC1C2.